The van der Waals surface area contributed by atoms with Crippen LogP contribution in [0.15, 0.2) is 66.9 Å². The number of nitrogens with zero attached hydrogens (tertiary/aromatic N) is 3. The van der Waals surface area contributed by atoms with E-state index in [1.54, 1.807) is 23.1 Å². The molecule has 28 heavy (non-hydrogen) atoms. The van der Waals surface area contributed by atoms with E-state index < -0.39 is 4.92 Å². The number of nitro benzene ring substituents is 1. The Labute approximate surface area is 161 Å². The zero-order valence-corrected chi connectivity index (χ0v) is 14.9. The predicted octanol–water partition coefficient (Wildman–Crippen LogP) is 3.77. The number of pyridine rings is 1. The van der Waals surface area contributed by atoms with E-state index in [2.05, 4.69) is 4.98 Å². The molecule has 1 aliphatic heterocycles. The number of nitro groups is 1. The minimum atomic E-state index is -0.455. The van der Waals surface area contributed by atoms with Crippen molar-refractivity contribution < 1.29 is 14.5 Å². The van der Waals surface area contributed by atoms with Gasteiger partial charge < -0.3 is 9.64 Å². The van der Waals surface area contributed by atoms with Gasteiger partial charge in [-0.3, -0.25) is 14.9 Å². The summed E-state index contributed by atoms with van der Waals surface area (Å²) in [6.45, 7) is 0.835. The molecule has 0 saturated carbocycles. The van der Waals surface area contributed by atoms with Gasteiger partial charge in [-0.1, -0.05) is 36.4 Å². The van der Waals surface area contributed by atoms with Gasteiger partial charge in [0, 0.05) is 36.5 Å². The third-order valence-corrected chi connectivity index (χ3v) is 4.63. The Morgan fingerprint density at radius 1 is 1.14 bits per heavy atom. The Balaban J connectivity index is 1.53. The number of ether oxygens (including phenoxy) is 1. The number of carbonyl (C=O) groups is 1. The Morgan fingerprint density at radius 3 is 2.75 bits per heavy atom. The Morgan fingerprint density at radius 2 is 1.96 bits per heavy atom. The minimum absolute atomic E-state index is 0.0277. The predicted molar refractivity (Wildman–Crippen MR) is 103 cm³/mol. The van der Waals surface area contributed by atoms with Crippen LogP contribution in [0.2, 0.25) is 0 Å². The van der Waals surface area contributed by atoms with Gasteiger partial charge in [-0.15, -0.1) is 0 Å². The van der Waals surface area contributed by atoms with E-state index in [-0.39, 0.29) is 11.6 Å². The Hall–Kier alpha value is -3.74. The number of benzene rings is 2. The van der Waals surface area contributed by atoms with Crippen LogP contribution in [0.3, 0.4) is 0 Å². The molecule has 0 N–H and O–H groups in total. The third kappa shape index (κ3) is 3.55. The molecule has 2 heterocycles. The van der Waals surface area contributed by atoms with Crippen molar-refractivity contribution in [1.82, 2.24) is 4.98 Å². The van der Waals surface area contributed by atoms with E-state index in [1.165, 1.54) is 18.3 Å². The standard InChI is InChI=1S/C21H17N3O4/c25-21(23-11-9-16-6-7-18(24(26)27)13-19(16)23)17-8-10-22-20(12-17)28-14-15-4-2-1-3-5-15/h1-8,10,12-13H,9,11,14H2. The van der Waals surface area contributed by atoms with Gasteiger partial charge in [0.1, 0.15) is 6.61 Å². The SMILES string of the molecule is O=C(c1ccnc(OCc2ccccc2)c1)N1CCc2ccc([N+](=O)[O-])cc21. The van der Waals surface area contributed by atoms with Crippen molar-refractivity contribution >= 4 is 17.3 Å². The van der Waals surface area contributed by atoms with Crippen molar-refractivity contribution in [1.29, 1.82) is 0 Å². The van der Waals surface area contributed by atoms with E-state index in [9.17, 15) is 14.9 Å². The van der Waals surface area contributed by atoms with E-state index in [1.807, 2.05) is 30.3 Å². The first-order valence-corrected chi connectivity index (χ1v) is 8.84. The molecule has 1 aliphatic rings. The molecular formula is C21H17N3O4. The minimum Gasteiger partial charge on any atom is -0.473 e. The molecule has 1 amide bonds. The number of hydrogen-bond acceptors (Lipinski definition) is 5. The van der Waals surface area contributed by atoms with Crippen molar-refractivity contribution in [3.8, 4) is 5.88 Å². The fraction of sp³-hybridized carbons (Fsp3) is 0.143. The molecule has 0 saturated heterocycles. The van der Waals surface area contributed by atoms with Gasteiger partial charge in [0.2, 0.25) is 5.88 Å². The fourth-order valence-electron chi connectivity index (χ4n) is 3.20. The summed E-state index contributed by atoms with van der Waals surface area (Å²) in [6, 6.07) is 17.5. The number of aromatic nitrogens is 1. The first kappa shape index (κ1) is 17.7. The molecule has 4 rings (SSSR count). The first-order valence-electron chi connectivity index (χ1n) is 8.84. The molecule has 140 valence electrons. The lowest BCUT2D eigenvalue weighted by Crippen LogP contribution is -2.29. The van der Waals surface area contributed by atoms with E-state index >= 15 is 0 Å². The normalized spacial score (nSPS) is 12.5. The molecule has 1 aromatic heterocycles. The maximum Gasteiger partial charge on any atom is 0.271 e. The van der Waals surface area contributed by atoms with Gasteiger partial charge in [0.05, 0.1) is 10.6 Å². The summed E-state index contributed by atoms with van der Waals surface area (Å²) < 4.78 is 5.69. The quantitative estimate of drug-likeness (QED) is 0.500. The monoisotopic (exact) mass is 375 g/mol. The van der Waals surface area contributed by atoms with Gasteiger partial charge in [-0.2, -0.15) is 0 Å². The molecule has 0 unspecified atom stereocenters. The lowest BCUT2D eigenvalue weighted by Gasteiger charge is -2.17. The molecule has 0 bridgehead atoms. The summed E-state index contributed by atoms with van der Waals surface area (Å²) in [5, 5.41) is 11.1. The lowest BCUT2D eigenvalue weighted by atomic mass is 10.1. The molecule has 0 radical (unpaired) electrons. The highest BCUT2D eigenvalue weighted by molar-refractivity contribution is 6.07. The number of fused-ring (bicyclic) bond motifs is 1. The molecule has 7 heteroatoms. The number of carbonyl (C=O) groups excluding carboxylic acids is 1. The molecule has 7 nitrogen and oxygen atoms in total. The zero-order chi connectivity index (χ0) is 19.5. The van der Waals surface area contributed by atoms with Gasteiger partial charge >= 0.3 is 0 Å². The Kier molecular flexibility index (Phi) is 4.72. The van der Waals surface area contributed by atoms with Crippen LogP contribution in [0.5, 0.6) is 5.88 Å². The molecule has 2 aromatic carbocycles. The number of anilines is 1. The smallest absolute Gasteiger partial charge is 0.271 e. The van der Waals surface area contributed by atoms with Crippen LogP contribution in [0.4, 0.5) is 11.4 Å². The second-order valence-corrected chi connectivity index (χ2v) is 6.43. The van der Waals surface area contributed by atoms with Gasteiger partial charge in [0.25, 0.3) is 11.6 Å². The van der Waals surface area contributed by atoms with Crippen molar-refractivity contribution in [2.24, 2.45) is 0 Å². The zero-order valence-electron chi connectivity index (χ0n) is 14.9. The molecule has 3 aromatic rings. The largest absolute Gasteiger partial charge is 0.473 e. The summed E-state index contributed by atoms with van der Waals surface area (Å²) >= 11 is 0. The number of amides is 1. The molecule has 0 fully saturated rings. The van der Waals surface area contributed by atoms with Crippen molar-refractivity contribution in [2.75, 3.05) is 11.4 Å². The van der Waals surface area contributed by atoms with Crippen LogP contribution in [0.25, 0.3) is 0 Å². The van der Waals surface area contributed by atoms with Crippen molar-refractivity contribution in [3.05, 3.63) is 93.7 Å². The van der Waals surface area contributed by atoms with Crippen LogP contribution >= 0.6 is 0 Å². The van der Waals surface area contributed by atoms with Crippen LogP contribution in [-0.2, 0) is 13.0 Å². The second kappa shape index (κ2) is 7.48. The second-order valence-electron chi connectivity index (χ2n) is 6.43. The maximum atomic E-state index is 13.0. The van der Waals surface area contributed by atoms with Gasteiger partial charge in [-0.05, 0) is 23.6 Å². The Bertz CT molecular complexity index is 1040. The topological polar surface area (TPSA) is 85.6 Å². The van der Waals surface area contributed by atoms with E-state index in [4.69, 9.17) is 4.74 Å². The fourth-order valence-corrected chi connectivity index (χ4v) is 3.20. The van der Waals surface area contributed by atoms with Gasteiger partial charge in [0.15, 0.2) is 0 Å². The van der Waals surface area contributed by atoms with Crippen LogP contribution in [0, 0.1) is 10.1 Å². The average Bonchev–Trinajstić information content (AvgIpc) is 3.16. The highest BCUT2D eigenvalue weighted by Crippen LogP contribution is 2.32. The molecule has 0 aliphatic carbocycles. The average molecular weight is 375 g/mol. The van der Waals surface area contributed by atoms with E-state index in [0.29, 0.717) is 36.7 Å². The summed E-state index contributed by atoms with van der Waals surface area (Å²) in [4.78, 5) is 29.3. The van der Waals surface area contributed by atoms with Crippen LogP contribution in [0.1, 0.15) is 21.5 Å². The first-order chi connectivity index (χ1) is 13.6. The highest BCUT2D eigenvalue weighted by Gasteiger charge is 2.27. The van der Waals surface area contributed by atoms with Crippen LogP contribution in [-0.4, -0.2) is 22.4 Å². The highest BCUT2D eigenvalue weighted by atomic mass is 16.6. The number of hydrogen-bond donors (Lipinski definition) is 0. The number of rotatable bonds is 5. The van der Waals surface area contributed by atoms with E-state index in [0.717, 1.165) is 11.1 Å². The van der Waals surface area contributed by atoms with Gasteiger partial charge in [-0.25, -0.2) is 4.98 Å². The van der Waals surface area contributed by atoms with Crippen LogP contribution < -0.4 is 9.64 Å². The molecule has 0 spiro atoms. The number of non-ortho nitro benzene ring substituents is 1. The molecule has 0 atom stereocenters. The summed E-state index contributed by atoms with van der Waals surface area (Å²) in [6.07, 6.45) is 2.19. The summed E-state index contributed by atoms with van der Waals surface area (Å²) in [5.41, 5.74) is 2.91. The maximum absolute atomic E-state index is 13.0. The van der Waals surface area contributed by atoms with Crippen molar-refractivity contribution in [3.63, 3.8) is 0 Å². The third-order valence-electron chi connectivity index (χ3n) is 4.63. The summed E-state index contributed by atoms with van der Waals surface area (Å²) in [7, 11) is 0. The lowest BCUT2D eigenvalue weighted by molar-refractivity contribution is -0.384. The van der Waals surface area contributed by atoms with Crippen molar-refractivity contribution in [2.45, 2.75) is 13.0 Å². The molecular weight excluding hydrogens is 358 g/mol. The summed E-state index contributed by atoms with van der Waals surface area (Å²) in [5.74, 6) is 0.124.